The monoisotopic (exact) mass is 250 g/mol. The molecule has 1 aromatic rings. The minimum atomic E-state index is -0.190. The van der Waals surface area contributed by atoms with Crippen LogP contribution in [0, 0.1) is 0 Å². The Morgan fingerprint density at radius 1 is 1.22 bits per heavy atom. The fourth-order valence-electron chi connectivity index (χ4n) is 2.37. The molecule has 1 saturated carbocycles. The van der Waals surface area contributed by atoms with Crippen LogP contribution in [0.2, 0.25) is 0 Å². The van der Waals surface area contributed by atoms with Gasteiger partial charge in [0.2, 0.25) is 0 Å². The SMILES string of the molecule is COCCc1ccc(OC2CCCC(O)C2)cc1. The molecule has 3 heteroatoms. The average Bonchev–Trinajstić information content (AvgIpc) is 2.38. The molecule has 2 unspecified atom stereocenters. The Kier molecular flexibility index (Phi) is 5.02. The third kappa shape index (κ3) is 4.00. The molecule has 0 amide bonds. The summed E-state index contributed by atoms with van der Waals surface area (Å²) in [5.41, 5.74) is 1.26. The molecule has 2 rings (SSSR count). The number of aliphatic hydroxyl groups excluding tert-OH is 1. The van der Waals surface area contributed by atoms with Crippen LogP contribution in [0.4, 0.5) is 0 Å². The molecule has 0 saturated heterocycles. The molecule has 0 radical (unpaired) electrons. The lowest BCUT2D eigenvalue weighted by molar-refractivity contribution is 0.0536. The standard InChI is InChI=1S/C15H22O3/c1-17-10-9-12-5-7-14(8-6-12)18-15-4-2-3-13(16)11-15/h5-8,13,15-16H,2-4,9-11H2,1H3. The molecule has 2 atom stereocenters. The van der Waals surface area contributed by atoms with E-state index in [0.717, 1.165) is 44.5 Å². The first-order valence-corrected chi connectivity index (χ1v) is 6.70. The number of hydrogen-bond acceptors (Lipinski definition) is 3. The highest BCUT2D eigenvalue weighted by Gasteiger charge is 2.21. The molecule has 18 heavy (non-hydrogen) atoms. The van der Waals surface area contributed by atoms with Crippen molar-refractivity contribution < 1.29 is 14.6 Å². The van der Waals surface area contributed by atoms with Gasteiger partial charge in [0.1, 0.15) is 11.9 Å². The zero-order valence-corrected chi connectivity index (χ0v) is 11.0. The molecule has 1 aliphatic carbocycles. The van der Waals surface area contributed by atoms with E-state index in [1.807, 2.05) is 12.1 Å². The Labute approximate surface area is 109 Å². The van der Waals surface area contributed by atoms with Gasteiger partial charge in [0.05, 0.1) is 12.7 Å². The van der Waals surface area contributed by atoms with Crippen LogP contribution in [0.1, 0.15) is 31.2 Å². The second-order valence-corrected chi connectivity index (χ2v) is 4.95. The minimum Gasteiger partial charge on any atom is -0.490 e. The Morgan fingerprint density at radius 3 is 2.67 bits per heavy atom. The van der Waals surface area contributed by atoms with E-state index in [1.165, 1.54) is 5.56 Å². The van der Waals surface area contributed by atoms with Crippen molar-refractivity contribution in [3.63, 3.8) is 0 Å². The number of benzene rings is 1. The summed E-state index contributed by atoms with van der Waals surface area (Å²) < 4.78 is 10.9. The quantitative estimate of drug-likeness (QED) is 0.873. The van der Waals surface area contributed by atoms with E-state index in [-0.39, 0.29) is 12.2 Å². The second kappa shape index (κ2) is 6.76. The molecule has 0 aliphatic heterocycles. The van der Waals surface area contributed by atoms with Gasteiger partial charge in [-0.1, -0.05) is 12.1 Å². The predicted molar refractivity (Wildman–Crippen MR) is 70.9 cm³/mol. The number of ether oxygens (including phenoxy) is 2. The van der Waals surface area contributed by atoms with Crippen molar-refractivity contribution in [2.45, 2.75) is 44.3 Å². The van der Waals surface area contributed by atoms with Crippen LogP contribution in [0.15, 0.2) is 24.3 Å². The average molecular weight is 250 g/mol. The van der Waals surface area contributed by atoms with Crippen LogP contribution in [0.5, 0.6) is 5.75 Å². The van der Waals surface area contributed by atoms with Gasteiger partial charge in [0.25, 0.3) is 0 Å². The first-order valence-electron chi connectivity index (χ1n) is 6.70. The maximum Gasteiger partial charge on any atom is 0.119 e. The summed E-state index contributed by atoms with van der Waals surface area (Å²) in [6, 6.07) is 8.17. The van der Waals surface area contributed by atoms with E-state index in [4.69, 9.17) is 9.47 Å². The fourth-order valence-corrected chi connectivity index (χ4v) is 2.37. The topological polar surface area (TPSA) is 38.7 Å². The Bertz CT molecular complexity index is 347. The van der Waals surface area contributed by atoms with Crippen LogP contribution in [0.25, 0.3) is 0 Å². The van der Waals surface area contributed by atoms with Gasteiger partial charge in [-0.3, -0.25) is 0 Å². The van der Waals surface area contributed by atoms with Crippen molar-refractivity contribution in [2.75, 3.05) is 13.7 Å². The Balaban J connectivity index is 1.85. The highest BCUT2D eigenvalue weighted by Crippen LogP contribution is 2.24. The summed E-state index contributed by atoms with van der Waals surface area (Å²) in [5, 5.41) is 9.60. The van der Waals surface area contributed by atoms with E-state index in [1.54, 1.807) is 7.11 Å². The van der Waals surface area contributed by atoms with Crippen LogP contribution < -0.4 is 4.74 Å². The first kappa shape index (κ1) is 13.4. The van der Waals surface area contributed by atoms with Crippen LogP contribution >= 0.6 is 0 Å². The van der Waals surface area contributed by atoms with Gasteiger partial charge >= 0.3 is 0 Å². The summed E-state index contributed by atoms with van der Waals surface area (Å²) >= 11 is 0. The number of aliphatic hydroxyl groups is 1. The van der Waals surface area contributed by atoms with Gasteiger partial charge in [0.15, 0.2) is 0 Å². The normalized spacial score (nSPS) is 23.9. The van der Waals surface area contributed by atoms with Gasteiger partial charge in [-0.15, -0.1) is 0 Å². The number of rotatable bonds is 5. The molecule has 100 valence electrons. The molecular formula is C15H22O3. The molecule has 0 spiro atoms. The lowest BCUT2D eigenvalue weighted by atomic mass is 9.95. The summed E-state index contributed by atoms with van der Waals surface area (Å²) in [5.74, 6) is 0.898. The molecule has 3 nitrogen and oxygen atoms in total. The van der Waals surface area contributed by atoms with Gasteiger partial charge in [0, 0.05) is 13.5 Å². The zero-order valence-electron chi connectivity index (χ0n) is 11.0. The molecule has 0 bridgehead atoms. The van der Waals surface area contributed by atoms with Crippen molar-refractivity contribution >= 4 is 0 Å². The zero-order chi connectivity index (χ0) is 12.8. The summed E-state index contributed by atoms with van der Waals surface area (Å²) in [6.45, 7) is 0.745. The van der Waals surface area contributed by atoms with Crippen molar-refractivity contribution in [2.24, 2.45) is 0 Å². The van der Waals surface area contributed by atoms with E-state index in [9.17, 15) is 5.11 Å². The van der Waals surface area contributed by atoms with Crippen molar-refractivity contribution in [1.82, 2.24) is 0 Å². The third-order valence-electron chi connectivity index (χ3n) is 3.42. The molecule has 1 fully saturated rings. The highest BCUT2D eigenvalue weighted by molar-refractivity contribution is 5.27. The molecule has 1 aromatic carbocycles. The lowest BCUT2D eigenvalue weighted by Gasteiger charge is -2.26. The van der Waals surface area contributed by atoms with Gasteiger partial charge in [-0.05, 0) is 43.4 Å². The summed E-state index contributed by atoms with van der Waals surface area (Å²) in [6.07, 6.45) is 4.67. The third-order valence-corrected chi connectivity index (χ3v) is 3.42. The van der Waals surface area contributed by atoms with Crippen molar-refractivity contribution in [3.8, 4) is 5.75 Å². The van der Waals surface area contributed by atoms with Crippen LogP contribution in [-0.4, -0.2) is 31.0 Å². The maximum atomic E-state index is 9.60. The summed E-state index contributed by atoms with van der Waals surface area (Å²) in [4.78, 5) is 0. The molecule has 1 N–H and O–H groups in total. The van der Waals surface area contributed by atoms with E-state index < -0.39 is 0 Å². The Hall–Kier alpha value is -1.06. The lowest BCUT2D eigenvalue weighted by Crippen LogP contribution is -2.28. The first-order chi connectivity index (χ1) is 8.78. The Morgan fingerprint density at radius 2 is 2.00 bits per heavy atom. The number of methoxy groups -OCH3 is 1. The molecular weight excluding hydrogens is 228 g/mol. The van der Waals surface area contributed by atoms with Crippen molar-refractivity contribution in [3.05, 3.63) is 29.8 Å². The number of hydrogen-bond donors (Lipinski definition) is 1. The fraction of sp³-hybridized carbons (Fsp3) is 0.600. The maximum absolute atomic E-state index is 9.60. The van der Waals surface area contributed by atoms with E-state index in [0.29, 0.717) is 0 Å². The molecule has 0 aromatic heterocycles. The minimum absolute atomic E-state index is 0.165. The van der Waals surface area contributed by atoms with Crippen LogP contribution in [-0.2, 0) is 11.2 Å². The van der Waals surface area contributed by atoms with E-state index in [2.05, 4.69) is 12.1 Å². The van der Waals surface area contributed by atoms with Gasteiger partial charge < -0.3 is 14.6 Å². The molecule has 0 heterocycles. The second-order valence-electron chi connectivity index (χ2n) is 4.95. The smallest absolute Gasteiger partial charge is 0.119 e. The highest BCUT2D eigenvalue weighted by atomic mass is 16.5. The summed E-state index contributed by atoms with van der Waals surface area (Å²) in [7, 11) is 1.71. The largest absolute Gasteiger partial charge is 0.490 e. The predicted octanol–water partition coefficient (Wildman–Crippen LogP) is 2.56. The molecule has 1 aliphatic rings. The van der Waals surface area contributed by atoms with Crippen molar-refractivity contribution in [1.29, 1.82) is 0 Å². The van der Waals surface area contributed by atoms with Gasteiger partial charge in [-0.2, -0.15) is 0 Å². The van der Waals surface area contributed by atoms with Crippen LogP contribution in [0.3, 0.4) is 0 Å². The van der Waals surface area contributed by atoms with E-state index >= 15 is 0 Å². The van der Waals surface area contributed by atoms with Gasteiger partial charge in [-0.25, -0.2) is 0 Å².